The van der Waals surface area contributed by atoms with E-state index in [1.165, 1.54) is 19.3 Å². The molecule has 5 heteroatoms. The van der Waals surface area contributed by atoms with E-state index in [-0.39, 0.29) is 11.9 Å². The monoisotopic (exact) mass is 248 g/mol. The van der Waals surface area contributed by atoms with Crippen molar-refractivity contribution in [2.75, 3.05) is 5.88 Å². The van der Waals surface area contributed by atoms with Crippen LogP contribution in [0.3, 0.4) is 0 Å². The molecule has 0 aromatic carbocycles. The summed E-state index contributed by atoms with van der Waals surface area (Å²) in [5, 5.41) is 4.83. The fourth-order valence-electron chi connectivity index (χ4n) is 1.37. The number of carbonyl (C=O) groups excluding carboxylic acids is 2. The summed E-state index contributed by atoms with van der Waals surface area (Å²) in [6, 6.07) is -0.381. The fraction of sp³-hybridized carbons (Fsp3) is 0.818. The van der Waals surface area contributed by atoms with Crippen molar-refractivity contribution < 1.29 is 9.59 Å². The van der Waals surface area contributed by atoms with Gasteiger partial charge in [-0.15, -0.1) is 11.6 Å². The summed E-state index contributed by atoms with van der Waals surface area (Å²) in [5.41, 5.74) is 0. The van der Waals surface area contributed by atoms with Gasteiger partial charge in [-0.05, 0) is 13.3 Å². The molecule has 4 nitrogen and oxygen atoms in total. The Morgan fingerprint density at radius 1 is 1.25 bits per heavy atom. The lowest BCUT2D eigenvalue weighted by molar-refractivity contribution is -0.117. The molecule has 0 heterocycles. The summed E-state index contributed by atoms with van der Waals surface area (Å²) < 4.78 is 0. The minimum absolute atomic E-state index is 0.0833. The quantitative estimate of drug-likeness (QED) is 0.537. The largest absolute Gasteiger partial charge is 0.335 e. The van der Waals surface area contributed by atoms with Crippen LogP contribution in [0, 0.1) is 0 Å². The van der Waals surface area contributed by atoms with E-state index < -0.39 is 11.9 Å². The molecule has 0 aliphatic heterocycles. The summed E-state index contributed by atoms with van der Waals surface area (Å²) in [4.78, 5) is 22.0. The number of amides is 3. The van der Waals surface area contributed by atoms with Crippen molar-refractivity contribution in [1.29, 1.82) is 0 Å². The van der Waals surface area contributed by atoms with Gasteiger partial charge in [0.15, 0.2) is 0 Å². The molecule has 0 aliphatic rings. The van der Waals surface area contributed by atoms with Gasteiger partial charge in [0.25, 0.3) is 0 Å². The third-order valence-electron chi connectivity index (χ3n) is 2.24. The van der Waals surface area contributed by atoms with Gasteiger partial charge in [0.05, 0.1) is 0 Å². The molecule has 16 heavy (non-hydrogen) atoms. The standard InChI is InChI=1S/C11H21ClN2O2/c1-3-4-5-6-7-9(2)13-11(16)14-10(15)8-12/h9H,3-8H2,1-2H3,(H2,13,14,15,16). The van der Waals surface area contributed by atoms with Gasteiger partial charge in [-0.1, -0.05) is 32.6 Å². The van der Waals surface area contributed by atoms with E-state index in [0.717, 1.165) is 12.8 Å². The van der Waals surface area contributed by atoms with Gasteiger partial charge >= 0.3 is 6.03 Å². The summed E-state index contributed by atoms with van der Waals surface area (Å²) >= 11 is 5.26. The summed E-state index contributed by atoms with van der Waals surface area (Å²) in [5.74, 6) is -0.671. The maximum absolute atomic E-state index is 11.2. The first-order valence-corrected chi connectivity index (χ1v) is 6.29. The SMILES string of the molecule is CCCCCCC(C)NC(=O)NC(=O)CCl. The Kier molecular flexibility index (Phi) is 9.00. The highest BCUT2D eigenvalue weighted by atomic mass is 35.5. The molecule has 0 aliphatic carbocycles. The molecule has 0 spiro atoms. The Morgan fingerprint density at radius 3 is 2.50 bits per heavy atom. The molecule has 0 fully saturated rings. The highest BCUT2D eigenvalue weighted by Gasteiger charge is 2.09. The molecule has 0 radical (unpaired) electrons. The fourth-order valence-corrected chi connectivity index (χ4v) is 1.44. The number of rotatable bonds is 7. The number of alkyl halides is 1. The maximum atomic E-state index is 11.2. The van der Waals surface area contributed by atoms with Crippen LogP contribution in [0.5, 0.6) is 0 Å². The van der Waals surface area contributed by atoms with Crippen molar-refractivity contribution in [3.63, 3.8) is 0 Å². The van der Waals surface area contributed by atoms with Crippen molar-refractivity contribution in [2.24, 2.45) is 0 Å². The molecule has 2 N–H and O–H groups in total. The summed E-state index contributed by atoms with van der Waals surface area (Å²) in [6.45, 7) is 4.09. The zero-order valence-corrected chi connectivity index (χ0v) is 10.8. The topological polar surface area (TPSA) is 58.2 Å². The van der Waals surface area contributed by atoms with Crippen molar-refractivity contribution in [2.45, 2.75) is 52.0 Å². The Morgan fingerprint density at radius 2 is 1.94 bits per heavy atom. The van der Waals surface area contributed by atoms with Crippen LogP contribution >= 0.6 is 11.6 Å². The van der Waals surface area contributed by atoms with Gasteiger partial charge in [-0.3, -0.25) is 10.1 Å². The number of hydrogen-bond donors (Lipinski definition) is 2. The number of nitrogens with one attached hydrogen (secondary N) is 2. The summed E-state index contributed by atoms with van der Waals surface area (Å²) in [6.07, 6.45) is 5.64. The summed E-state index contributed by atoms with van der Waals surface area (Å²) in [7, 11) is 0. The minimum Gasteiger partial charge on any atom is -0.335 e. The van der Waals surface area contributed by atoms with Crippen LogP contribution in [-0.2, 0) is 4.79 Å². The number of unbranched alkanes of at least 4 members (excludes halogenated alkanes) is 3. The first-order valence-electron chi connectivity index (χ1n) is 5.76. The molecule has 0 aromatic heterocycles. The van der Waals surface area contributed by atoms with Crippen LogP contribution in [-0.4, -0.2) is 23.9 Å². The first kappa shape index (κ1) is 15.2. The molecule has 0 rings (SSSR count). The van der Waals surface area contributed by atoms with Crippen LogP contribution in [0.25, 0.3) is 0 Å². The zero-order valence-electron chi connectivity index (χ0n) is 10.0. The lowest BCUT2D eigenvalue weighted by Crippen LogP contribution is -2.43. The number of imide groups is 1. The van der Waals surface area contributed by atoms with Crippen LogP contribution in [0.1, 0.15) is 46.0 Å². The van der Waals surface area contributed by atoms with E-state index in [1.807, 2.05) is 6.92 Å². The lowest BCUT2D eigenvalue weighted by atomic mass is 10.1. The molecule has 1 atom stereocenters. The molecule has 0 aromatic rings. The van der Waals surface area contributed by atoms with Gasteiger partial charge in [0, 0.05) is 6.04 Å². The lowest BCUT2D eigenvalue weighted by Gasteiger charge is -2.13. The van der Waals surface area contributed by atoms with Gasteiger partial charge < -0.3 is 5.32 Å². The van der Waals surface area contributed by atoms with Crippen molar-refractivity contribution in [3.8, 4) is 0 Å². The van der Waals surface area contributed by atoms with Gasteiger partial charge in [-0.25, -0.2) is 4.79 Å². The van der Waals surface area contributed by atoms with Crippen molar-refractivity contribution >= 4 is 23.5 Å². The Balaban J connectivity index is 3.58. The van der Waals surface area contributed by atoms with Crippen LogP contribution in [0.4, 0.5) is 4.79 Å². The zero-order chi connectivity index (χ0) is 12.4. The molecule has 0 saturated heterocycles. The van der Waals surface area contributed by atoms with E-state index >= 15 is 0 Å². The van der Waals surface area contributed by atoms with Gasteiger partial charge in [-0.2, -0.15) is 0 Å². The molecule has 3 amide bonds. The molecule has 94 valence electrons. The Hall–Kier alpha value is -0.770. The maximum Gasteiger partial charge on any atom is 0.321 e. The molecule has 0 bridgehead atoms. The highest BCUT2D eigenvalue weighted by molar-refractivity contribution is 6.28. The Bertz CT molecular complexity index is 222. The first-order chi connectivity index (χ1) is 7.60. The predicted octanol–water partition coefficient (Wildman–Crippen LogP) is 2.41. The molecular weight excluding hydrogens is 228 g/mol. The number of halogens is 1. The minimum atomic E-state index is -0.475. The van der Waals surface area contributed by atoms with E-state index in [2.05, 4.69) is 17.6 Å². The van der Waals surface area contributed by atoms with Crippen molar-refractivity contribution in [3.05, 3.63) is 0 Å². The van der Waals surface area contributed by atoms with E-state index in [0.29, 0.717) is 0 Å². The van der Waals surface area contributed by atoms with E-state index in [4.69, 9.17) is 11.6 Å². The second-order valence-electron chi connectivity index (χ2n) is 3.91. The molecule has 0 saturated carbocycles. The molecular formula is C11H21ClN2O2. The predicted molar refractivity (Wildman–Crippen MR) is 65.6 cm³/mol. The third kappa shape index (κ3) is 8.53. The van der Waals surface area contributed by atoms with Gasteiger partial charge in [0.1, 0.15) is 5.88 Å². The normalized spacial score (nSPS) is 11.9. The number of hydrogen-bond acceptors (Lipinski definition) is 2. The highest BCUT2D eigenvalue weighted by Crippen LogP contribution is 2.04. The average Bonchev–Trinajstić information content (AvgIpc) is 2.24. The third-order valence-corrected chi connectivity index (χ3v) is 2.49. The van der Waals surface area contributed by atoms with Crippen molar-refractivity contribution in [1.82, 2.24) is 10.6 Å². The second-order valence-corrected chi connectivity index (χ2v) is 4.17. The number of carbonyl (C=O) groups is 2. The van der Waals surface area contributed by atoms with E-state index in [1.54, 1.807) is 0 Å². The average molecular weight is 249 g/mol. The second kappa shape index (κ2) is 9.46. The Labute approximate surface area is 102 Å². The van der Waals surface area contributed by atoms with Gasteiger partial charge in [0.2, 0.25) is 5.91 Å². The van der Waals surface area contributed by atoms with Crippen LogP contribution in [0.15, 0.2) is 0 Å². The molecule has 1 unspecified atom stereocenters. The smallest absolute Gasteiger partial charge is 0.321 e. The van der Waals surface area contributed by atoms with Crippen LogP contribution in [0.2, 0.25) is 0 Å². The number of urea groups is 1. The van der Waals surface area contributed by atoms with E-state index in [9.17, 15) is 9.59 Å². The van der Waals surface area contributed by atoms with Crippen LogP contribution < -0.4 is 10.6 Å².